The number of aromatic nitrogens is 3. The Morgan fingerprint density at radius 2 is 2.20 bits per heavy atom. The Morgan fingerprint density at radius 1 is 1.40 bits per heavy atom. The van der Waals surface area contributed by atoms with Crippen LogP contribution in [0.25, 0.3) is 16.9 Å². The Kier molecular flexibility index (Phi) is 3.16. The Hall–Kier alpha value is -1.97. The van der Waals surface area contributed by atoms with Crippen LogP contribution in [0.1, 0.15) is 11.1 Å². The number of hydrogen-bond acceptors (Lipinski definition) is 3. The first-order valence-corrected chi connectivity index (χ1v) is 7.08. The smallest absolute Gasteiger partial charge is 0.184 e. The van der Waals surface area contributed by atoms with Crippen LogP contribution in [-0.4, -0.2) is 14.5 Å². The van der Waals surface area contributed by atoms with E-state index in [1.54, 1.807) is 18.3 Å². The number of H-pyrrole nitrogens is 1. The van der Waals surface area contributed by atoms with Gasteiger partial charge in [-0.3, -0.25) is 4.57 Å². The highest BCUT2D eigenvalue weighted by Crippen LogP contribution is 2.26. The summed E-state index contributed by atoms with van der Waals surface area (Å²) in [6, 6.07) is 9.44. The van der Waals surface area contributed by atoms with Gasteiger partial charge in [-0.2, -0.15) is 5.26 Å². The zero-order valence-corrected chi connectivity index (χ0v) is 12.9. The average molecular weight is 345 g/mol. The number of aromatic amines is 1. The van der Waals surface area contributed by atoms with E-state index in [0.29, 0.717) is 10.3 Å². The second-order valence-electron chi connectivity index (χ2n) is 4.37. The predicted octanol–water partition coefficient (Wildman–Crippen LogP) is 4.03. The molecule has 0 aliphatic heterocycles. The van der Waals surface area contributed by atoms with Gasteiger partial charge in [0.2, 0.25) is 0 Å². The molecule has 0 aliphatic rings. The second kappa shape index (κ2) is 4.85. The van der Waals surface area contributed by atoms with E-state index in [0.717, 1.165) is 26.9 Å². The van der Waals surface area contributed by atoms with Crippen molar-refractivity contribution < 1.29 is 0 Å². The SMILES string of the molecule is Cc1ccnc2c1[nH]c(=S)n2-c1ccc(C#N)cc1Br. The van der Waals surface area contributed by atoms with Gasteiger partial charge >= 0.3 is 0 Å². The molecule has 0 radical (unpaired) electrons. The number of imidazole rings is 1. The molecule has 4 nitrogen and oxygen atoms in total. The molecule has 2 aromatic heterocycles. The molecule has 98 valence electrons. The molecule has 0 spiro atoms. The van der Waals surface area contributed by atoms with Crippen LogP contribution < -0.4 is 0 Å². The molecule has 1 N–H and O–H groups in total. The summed E-state index contributed by atoms with van der Waals surface area (Å²) in [5, 5.41) is 8.93. The van der Waals surface area contributed by atoms with Gasteiger partial charge in [-0.25, -0.2) is 4.98 Å². The quantitative estimate of drug-likeness (QED) is 0.678. The van der Waals surface area contributed by atoms with Crippen molar-refractivity contribution in [3.63, 3.8) is 0 Å². The van der Waals surface area contributed by atoms with E-state index >= 15 is 0 Å². The van der Waals surface area contributed by atoms with Gasteiger partial charge in [0, 0.05) is 10.7 Å². The molecule has 6 heteroatoms. The van der Waals surface area contributed by atoms with Crippen LogP contribution in [0.2, 0.25) is 0 Å². The van der Waals surface area contributed by atoms with Gasteiger partial charge in [0.05, 0.1) is 22.8 Å². The number of hydrogen-bond donors (Lipinski definition) is 1. The van der Waals surface area contributed by atoms with Gasteiger partial charge in [-0.05, 0) is 64.9 Å². The van der Waals surface area contributed by atoms with E-state index in [2.05, 4.69) is 32.0 Å². The zero-order valence-electron chi connectivity index (χ0n) is 10.5. The molecular weight excluding hydrogens is 336 g/mol. The zero-order chi connectivity index (χ0) is 14.3. The van der Waals surface area contributed by atoms with Gasteiger partial charge in [0.15, 0.2) is 10.4 Å². The minimum atomic E-state index is 0.576. The third kappa shape index (κ3) is 1.96. The molecule has 0 aliphatic carbocycles. The lowest BCUT2D eigenvalue weighted by Crippen LogP contribution is -1.97. The lowest BCUT2D eigenvalue weighted by Gasteiger charge is -2.07. The van der Waals surface area contributed by atoms with Crippen LogP contribution >= 0.6 is 28.1 Å². The van der Waals surface area contributed by atoms with Crippen molar-refractivity contribution >= 4 is 39.3 Å². The highest BCUT2D eigenvalue weighted by Gasteiger charge is 2.12. The fourth-order valence-electron chi connectivity index (χ4n) is 2.11. The standard InChI is InChI=1S/C14H9BrN4S/c1-8-4-5-17-13-12(8)18-14(20)19(13)11-3-2-9(7-16)6-10(11)15/h2-6H,1H3,(H,18,20). The van der Waals surface area contributed by atoms with Gasteiger partial charge in [0.1, 0.15) is 0 Å². The van der Waals surface area contributed by atoms with E-state index in [9.17, 15) is 0 Å². The highest BCUT2D eigenvalue weighted by molar-refractivity contribution is 9.10. The van der Waals surface area contributed by atoms with Crippen molar-refractivity contribution in [2.24, 2.45) is 0 Å². The maximum absolute atomic E-state index is 8.93. The number of nitrogens with zero attached hydrogens (tertiary/aromatic N) is 3. The van der Waals surface area contributed by atoms with Crippen LogP contribution in [0, 0.1) is 23.0 Å². The maximum atomic E-state index is 8.93. The van der Waals surface area contributed by atoms with E-state index in [-0.39, 0.29) is 0 Å². The van der Waals surface area contributed by atoms with Gasteiger partial charge in [-0.1, -0.05) is 0 Å². The fraction of sp³-hybridized carbons (Fsp3) is 0.0714. The molecule has 3 rings (SSSR count). The summed E-state index contributed by atoms with van der Waals surface area (Å²) in [6.07, 6.45) is 1.76. The van der Waals surface area contributed by atoms with Crippen LogP contribution in [0.5, 0.6) is 0 Å². The van der Waals surface area contributed by atoms with Gasteiger partial charge in [0.25, 0.3) is 0 Å². The molecule has 0 bridgehead atoms. The van der Waals surface area contributed by atoms with E-state index < -0.39 is 0 Å². The molecular formula is C14H9BrN4S. The lowest BCUT2D eigenvalue weighted by molar-refractivity contribution is 1.04. The average Bonchev–Trinajstić information content (AvgIpc) is 2.77. The monoisotopic (exact) mass is 344 g/mol. The van der Waals surface area contributed by atoms with Gasteiger partial charge < -0.3 is 4.98 Å². The maximum Gasteiger partial charge on any atom is 0.184 e. The molecule has 1 aromatic carbocycles. The molecule has 0 fully saturated rings. The van der Waals surface area contributed by atoms with E-state index in [1.165, 1.54) is 0 Å². The number of fused-ring (bicyclic) bond motifs is 1. The van der Waals surface area contributed by atoms with Crippen molar-refractivity contribution in [1.29, 1.82) is 5.26 Å². The number of benzene rings is 1. The summed E-state index contributed by atoms with van der Waals surface area (Å²) < 4.78 is 3.24. The van der Waals surface area contributed by atoms with Crippen LogP contribution in [0.15, 0.2) is 34.9 Å². The van der Waals surface area contributed by atoms with Crippen molar-refractivity contribution in [1.82, 2.24) is 14.5 Å². The van der Waals surface area contributed by atoms with Crippen LogP contribution in [0.3, 0.4) is 0 Å². The van der Waals surface area contributed by atoms with Crippen LogP contribution in [-0.2, 0) is 0 Å². The molecule has 3 aromatic rings. The largest absolute Gasteiger partial charge is 0.329 e. The number of aryl methyl sites for hydroxylation is 1. The fourth-order valence-corrected chi connectivity index (χ4v) is 2.95. The van der Waals surface area contributed by atoms with Crippen molar-refractivity contribution in [2.45, 2.75) is 6.92 Å². The first-order chi connectivity index (χ1) is 9.61. The molecule has 0 unspecified atom stereocenters. The number of pyridine rings is 1. The minimum Gasteiger partial charge on any atom is -0.329 e. The summed E-state index contributed by atoms with van der Waals surface area (Å²) in [5.74, 6) is 0. The molecule has 0 amide bonds. The molecule has 0 atom stereocenters. The third-order valence-electron chi connectivity index (χ3n) is 3.10. The normalized spacial score (nSPS) is 10.7. The summed E-state index contributed by atoms with van der Waals surface area (Å²) in [4.78, 5) is 7.58. The number of nitrogens with one attached hydrogen (secondary N) is 1. The minimum absolute atomic E-state index is 0.576. The number of halogens is 1. The highest BCUT2D eigenvalue weighted by atomic mass is 79.9. The van der Waals surface area contributed by atoms with Gasteiger partial charge in [-0.15, -0.1) is 0 Å². The van der Waals surface area contributed by atoms with Crippen molar-refractivity contribution in [3.05, 3.63) is 50.8 Å². The topological polar surface area (TPSA) is 57.4 Å². The first-order valence-electron chi connectivity index (χ1n) is 5.88. The summed E-state index contributed by atoms with van der Waals surface area (Å²) >= 11 is 8.88. The second-order valence-corrected chi connectivity index (χ2v) is 5.61. The molecule has 20 heavy (non-hydrogen) atoms. The Labute approximate surface area is 128 Å². The first kappa shape index (κ1) is 13.0. The van der Waals surface area contributed by atoms with Crippen molar-refractivity contribution in [3.8, 4) is 11.8 Å². The predicted molar refractivity (Wildman–Crippen MR) is 83.4 cm³/mol. The molecule has 2 heterocycles. The molecule has 0 saturated heterocycles. The van der Waals surface area contributed by atoms with Crippen molar-refractivity contribution in [2.75, 3.05) is 0 Å². The molecule has 0 saturated carbocycles. The van der Waals surface area contributed by atoms with E-state index in [4.69, 9.17) is 17.5 Å². The Bertz CT molecular complexity index is 917. The Morgan fingerprint density at radius 3 is 2.90 bits per heavy atom. The summed E-state index contributed by atoms with van der Waals surface area (Å²) in [5.41, 5.74) is 4.24. The Balaban J connectivity index is 2.36. The number of rotatable bonds is 1. The third-order valence-corrected chi connectivity index (χ3v) is 4.02. The van der Waals surface area contributed by atoms with Crippen LogP contribution in [0.4, 0.5) is 0 Å². The summed E-state index contributed by atoms with van der Waals surface area (Å²) in [7, 11) is 0. The summed E-state index contributed by atoms with van der Waals surface area (Å²) in [6.45, 7) is 2.01. The van der Waals surface area contributed by atoms with E-state index in [1.807, 2.05) is 23.6 Å². The lowest BCUT2D eigenvalue weighted by atomic mass is 10.2. The number of nitriles is 1.